The zero-order chi connectivity index (χ0) is 15.4. The van der Waals surface area contributed by atoms with Gasteiger partial charge in [0.05, 0.1) is 0 Å². The van der Waals surface area contributed by atoms with Crippen LogP contribution in [0.1, 0.15) is 31.2 Å². The van der Waals surface area contributed by atoms with E-state index in [0.29, 0.717) is 12.5 Å². The molecular formula is C16H19F2NO2. The highest BCUT2D eigenvalue weighted by Crippen LogP contribution is 2.30. The van der Waals surface area contributed by atoms with Gasteiger partial charge in [-0.25, -0.2) is 13.6 Å². The second kappa shape index (κ2) is 6.70. The number of hydrogen-bond acceptors (Lipinski definition) is 2. The van der Waals surface area contributed by atoms with Crippen LogP contribution in [-0.2, 0) is 4.79 Å². The van der Waals surface area contributed by atoms with E-state index in [2.05, 4.69) is 0 Å². The zero-order valence-corrected chi connectivity index (χ0v) is 12.0. The van der Waals surface area contributed by atoms with Gasteiger partial charge in [-0.05, 0) is 42.5 Å². The van der Waals surface area contributed by atoms with Crippen molar-refractivity contribution in [1.82, 2.24) is 0 Å². The van der Waals surface area contributed by atoms with Crippen molar-refractivity contribution in [3.05, 3.63) is 35.4 Å². The van der Waals surface area contributed by atoms with Gasteiger partial charge in [0.2, 0.25) is 0 Å². The maximum atomic E-state index is 14.1. The molecule has 5 heteroatoms. The smallest absolute Gasteiger partial charge is 0.328 e. The Labute approximate surface area is 122 Å². The molecule has 0 amide bonds. The summed E-state index contributed by atoms with van der Waals surface area (Å²) in [5.74, 6) is -2.00. The monoisotopic (exact) mass is 295 g/mol. The fraction of sp³-hybridized carbons (Fsp3) is 0.438. The minimum absolute atomic E-state index is 0.0469. The molecule has 0 aromatic heterocycles. The van der Waals surface area contributed by atoms with Crippen LogP contribution < -0.4 is 4.90 Å². The predicted octanol–water partition coefficient (Wildman–Crippen LogP) is 3.69. The highest BCUT2D eigenvalue weighted by molar-refractivity contribution is 5.85. The molecule has 0 spiro atoms. The summed E-state index contributed by atoms with van der Waals surface area (Å²) in [6.45, 7) is 0.637. The summed E-state index contributed by atoms with van der Waals surface area (Å²) in [5.41, 5.74) is 0.153. The van der Waals surface area contributed by atoms with Crippen molar-refractivity contribution in [2.24, 2.45) is 5.92 Å². The number of anilines is 1. The van der Waals surface area contributed by atoms with Crippen LogP contribution in [0, 0.1) is 17.6 Å². The first kappa shape index (κ1) is 15.5. The van der Waals surface area contributed by atoms with Crippen LogP contribution in [0.5, 0.6) is 0 Å². The van der Waals surface area contributed by atoms with E-state index < -0.39 is 17.6 Å². The third-order valence-corrected chi connectivity index (χ3v) is 3.85. The van der Waals surface area contributed by atoms with E-state index in [0.717, 1.165) is 31.1 Å². The second-order valence-electron chi connectivity index (χ2n) is 5.54. The molecule has 0 radical (unpaired) electrons. The molecule has 2 rings (SSSR count). The fourth-order valence-corrected chi connectivity index (χ4v) is 2.89. The standard InChI is InChI=1S/C16H19F2NO2/c1-19(10-11-4-2-3-5-11)16-13(17)8-12(9-14(16)18)6-7-15(20)21/h6-9,11H,2-5,10H2,1H3,(H,20,21). The first-order valence-electron chi connectivity index (χ1n) is 7.08. The summed E-state index contributed by atoms with van der Waals surface area (Å²) < 4.78 is 28.2. The molecular weight excluding hydrogens is 276 g/mol. The quantitative estimate of drug-likeness (QED) is 0.842. The Morgan fingerprint density at radius 1 is 1.33 bits per heavy atom. The minimum Gasteiger partial charge on any atom is -0.478 e. The molecule has 0 bridgehead atoms. The molecule has 1 aliphatic carbocycles. The van der Waals surface area contributed by atoms with E-state index in [9.17, 15) is 13.6 Å². The molecule has 0 unspecified atom stereocenters. The minimum atomic E-state index is -1.15. The fourth-order valence-electron chi connectivity index (χ4n) is 2.89. The zero-order valence-electron chi connectivity index (χ0n) is 12.0. The molecule has 1 aliphatic rings. The first-order chi connectivity index (χ1) is 9.97. The van der Waals surface area contributed by atoms with Gasteiger partial charge < -0.3 is 10.0 Å². The Morgan fingerprint density at radius 2 is 1.90 bits per heavy atom. The number of aliphatic carboxylic acids is 1. The van der Waals surface area contributed by atoms with Crippen LogP contribution in [0.4, 0.5) is 14.5 Å². The molecule has 114 valence electrons. The summed E-state index contributed by atoms with van der Waals surface area (Å²) in [6, 6.07) is 2.31. The molecule has 1 aromatic carbocycles. The van der Waals surface area contributed by atoms with Gasteiger partial charge in [0.1, 0.15) is 17.3 Å². The largest absolute Gasteiger partial charge is 0.478 e. The number of carbonyl (C=O) groups is 1. The Bertz CT molecular complexity index is 528. The van der Waals surface area contributed by atoms with E-state index in [1.54, 1.807) is 11.9 Å². The van der Waals surface area contributed by atoms with E-state index in [1.165, 1.54) is 18.9 Å². The average Bonchev–Trinajstić information content (AvgIpc) is 2.88. The molecule has 0 atom stereocenters. The van der Waals surface area contributed by atoms with Crippen LogP contribution in [-0.4, -0.2) is 24.7 Å². The molecule has 3 nitrogen and oxygen atoms in total. The lowest BCUT2D eigenvalue weighted by molar-refractivity contribution is -0.131. The Hall–Kier alpha value is -1.91. The van der Waals surface area contributed by atoms with Gasteiger partial charge in [0, 0.05) is 19.7 Å². The van der Waals surface area contributed by atoms with Crippen LogP contribution >= 0.6 is 0 Å². The van der Waals surface area contributed by atoms with Crippen LogP contribution in [0.15, 0.2) is 18.2 Å². The molecule has 1 saturated carbocycles. The van der Waals surface area contributed by atoms with Gasteiger partial charge in [0.25, 0.3) is 0 Å². The van der Waals surface area contributed by atoms with Crippen molar-refractivity contribution < 1.29 is 18.7 Å². The molecule has 1 fully saturated rings. The van der Waals surface area contributed by atoms with Crippen molar-refractivity contribution in [1.29, 1.82) is 0 Å². The molecule has 0 aliphatic heterocycles. The third kappa shape index (κ3) is 4.03. The second-order valence-corrected chi connectivity index (χ2v) is 5.54. The van der Waals surface area contributed by atoms with Gasteiger partial charge in [0.15, 0.2) is 0 Å². The van der Waals surface area contributed by atoms with Gasteiger partial charge in [-0.1, -0.05) is 12.8 Å². The maximum absolute atomic E-state index is 14.1. The maximum Gasteiger partial charge on any atom is 0.328 e. The topological polar surface area (TPSA) is 40.5 Å². The summed E-state index contributed by atoms with van der Waals surface area (Å²) in [7, 11) is 1.69. The lowest BCUT2D eigenvalue weighted by Gasteiger charge is -2.24. The van der Waals surface area contributed by atoms with Crippen LogP contribution in [0.3, 0.4) is 0 Å². The van der Waals surface area contributed by atoms with Gasteiger partial charge in [-0.3, -0.25) is 0 Å². The van der Waals surface area contributed by atoms with Crippen molar-refractivity contribution in [2.45, 2.75) is 25.7 Å². The number of benzene rings is 1. The van der Waals surface area contributed by atoms with E-state index in [-0.39, 0.29) is 11.3 Å². The van der Waals surface area contributed by atoms with Gasteiger partial charge in [-0.2, -0.15) is 0 Å². The van der Waals surface area contributed by atoms with Crippen LogP contribution in [0.25, 0.3) is 6.08 Å². The Balaban J connectivity index is 2.17. The molecule has 0 heterocycles. The highest BCUT2D eigenvalue weighted by Gasteiger charge is 2.21. The summed E-state index contributed by atoms with van der Waals surface area (Å²) in [5, 5.41) is 8.53. The van der Waals surface area contributed by atoms with Crippen LogP contribution in [0.2, 0.25) is 0 Å². The highest BCUT2D eigenvalue weighted by atomic mass is 19.1. The van der Waals surface area contributed by atoms with Crippen molar-refractivity contribution in [2.75, 3.05) is 18.5 Å². The predicted molar refractivity (Wildman–Crippen MR) is 78.3 cm³/mol. The van der Waals surface area contributed by atoms with E-state index >= 15 is 0 Å². The molecule has 1 aromatic rings. The molecule has 0 saturated heterocycles. The number of carboxylic acids is 1. The lowest BCUT2D eigenvalue weighted by atomic mass is 10.1. The molecule has 21 heavy (non-hydrogen) atoms. The number of rotatable bonds is 5. The summed E-state index contributed by atoms with van der Waals surface area (Å²) >= 11 is 0. The number of carboxylic acid groups (broad SMARTS) is 1. The number of halogens is 2. The van der Waals surface area contributed by atoms with Crippen molar-refractivity contribution in [3.63, 3.8) is 0 Å². The van der Waals surface area contributed by atoms with Crippen molar-refractivity contribution >= 4 is 17.7 Å². The Morgan fingerprint density at radius 3 is 2.43 bits per heavy atom. The average molecular weight is 295 g/mol. The van der Waals surface area contributed by atoms with Gasteiger partial charge in [-0.15, -0.1) is 0 Å². The first-order valence-corrected chi connectivity index (χ1v) is 7.08. The number of hydrogen-bond donors (Lipinski definition) is 1. The SMILES string of the molecule is CN(CC1CCCC1)c1c(F)cc(C=CC(=O)O)cc1F. The summed E-state index contributed by atoms with van der Waals surface area (Å²) in [4.78, 5) is 12.0. The Kier molecular flexibility index (Phi) is 4.94. The van der Waals surface area contributed by atoms with E-state index in [1.807, 2.05) is 0 Å². The summed E-state index contributed by atoms with van der Waals surface area (Å²) in [6.07, 6.45) is 6.61. The lowest BCUT2D eigenvalue weighted by Crippen LogP contribution is -2.26. The van der Waals surface area contributed by atoms with Crippen molar-refractivity contribution in [3.8, 4) is 0 Å². The molecule has 1 N–H and O–H groups in total. The van der Waals surface area contributed by atoms with E-state index in [4.69, 9.17) is 5.11 Å². The van der Waals surface area contributed by atoms with Gasteiger partial charge >= 0.3 is 5.97 Å². The number of nitrogens with zero attached hydrogens (tertiary/aromatic N) is 1. The third-order valence-electron chi connectivity index (χ3n) is 3.85. The normalized spacial score (nSPS) is 15.8.